The summed E-state index contributed by atoms with van der Waals surface area (Å²) in [5.41, 5.74) is 5.54. The van der Waals surface area contributed by atoms with Crippen LogP contribution in [0.3, 0.4) is 0 Å². The van der Waals surface area contributed by atoms with Crippen LogP contribution in [-0.4, -0.2) is 11.7 Å². The first-order valence-electron chi connectivity index (χ1n) is 9.14. The van der Waals surface area contributed by atoms with Gasteiger partial charge >= 0.3 is 0 Å². The van der Waals surface area contributed by atoms with Crippen molar-refractivity contribution in [3.05, 3.63) is 102 Å². The molecular formula is C25H19NO. The van der Waals surface area contributed by atoms with Crippen LogP contribution in [0.25, 0.3) is 22.4 Å². The summed E-state index contributed by atoms with van der Waals surface area (Å²) in [5.74, 6) is 0.320. The van der Waals surface area contributed by atoms with Gasteiger partial charge in [0.25, 0.3) is 0 Å². The van der Waals surface area contributed by atoms with Gasteiger partial charge in [-0.3, -0.25) is 0 Å². The molecule has 1 N–H and O–H groups in total. The standard InChI is InChI=1S/C25H19NO/c27-24-13-7-6-11-22(24)20-16-19-15-14-18-8-4-5-12-23(18)25(19)26(17-20)21-9-2-1-3-10-21/h1-16,27H,17H2. The van der Waals surface area contributed by atoms with E-state index in [1.165, 1.54) is 22.0 Å². The topological polar surface area (TPSA) is 23.5 Å². The molecule has 4 aromatic rings. The van der Waals surface area contributed by atoms with Gasteiger partial charge < -0.3 is 10.0 Å². The van der Waals surface area contributed by atoms with Crippen LogP contribution in [0.1, 0.15) is 11.1 Å². The molecule has 0 bridgehead atoms. The van der Waals surface area contributed by atoms with Gasteiger partial charge in [0, 0.05) is 23.2 Å². The molecule has 2 nitrogen and oxygen atoms in total. The molecule has 1 aliphatic heterocycles. The molecule has 0 radical (unpaired) electrons. The lowest BCUT2D eigenvalue weighted by atomic mass is 9.93. The van der Waals surface area contributed by atoms with Gasteiger partial charge in [-0.25, -0.2) is 0 Å². The van der Waals surface area contributed by atoms with E-state index in [1.807, 2.05) is 24.3 Å². The molecule has 130 valence electrons. The Kier molecular flexibility index (Phi) is 3.68. The molecular weight excluding hydrogens is 330 g/mol. The maximum absolute atomic E-state index is 10.4. The van der Waals surface area contributed by atoms with Gasteiger partial charge in [-0.05, 0) is 40.8 Å². The summed E-state index contributed by atoms with van der Waals surface area (Å²) in [6, 6.07) is 30.9. The largest absolute Gasteiger partial charge is 0.507 e. The highest BCUT2D eigenvalue weighted by Crippen LogP contribution is 2.42. The van der Waals surface area contributed by atoms with Crippen LogP contribution < -0.4 is 4.90 Å². The smallest absolute Gasteiger partial charge is 0.123 e. The number of hydrogen-bond acceptors (Lipinski definition) is 2. The van der Waals surface area contributed by atoms with Crippen molar-refractivity contribution in [1.29, 1.82) is 0 Å². The minimum atomic E-state index is 0.320. The van der Waals surface area contributed by atoms with E-state index in [-0.39, 0.29) is 0 Å². The van der Waals surface area contributed by atoms with Gasteiger partial charge in [-0.2, -0.15) is 0 Å². The Morgan fingerprint density at radius 2 is 1.44 bits per heavy atom. The average Bonchev–Trinajstić information content (AvgIpc) is 2.74. The molecule has 0 aromatic heterocycles. The zero-order chi connectivity index (χ0) is 18.2. The highest BCUT2D eigenvalue weighted by atomic mass is 16.3. The summed E-state index contributed by atoms with van der Waals surface area (Å²) < 4.78 is 0. The van der Waals surface area contributed by atoms with Crippen molar-refractivity contribution in [2.75, 3.05) is 11.4 Å². The number of rotatable bonds is 2. The second-order valence-corrected chi connectivity index (χ2v) is 6.83. The number of phenolic OH excluding ortho intramolecular Hbond substituents is 1. The second kappa shape index (κ2) is 6.33. The van der Waals surface area contributed by atoms with E-state index in [2.05, 4.69) is 71.6 Å². The van der Waals surface area contributed by atoms with Crippen LogP contribution in [0.5, 0.6) is 5.75 Å². The number of anilines is 2. The molecule has 5 rings (SSSR count). The van der Waals surface area contributed by atoms with Crippen molar-refractivity contribution in [2.24, 2.45) is 0 Å². The Labute approximate surface area is 158 Å². The Balaban J connectivity index is 1.78. The lowest BCUT2D eigenvalue weighted by Crippen LogP contribution is -2.23. The lowest BCUT2D eigenvalue weighted by Gasteiger charge is -2.33. The van der Waals surface area contributed by atoms with Crippen molar-refractivity contribution in [3.63, 3.8) is 0 Å². The van der Waals surface area contributed by atoms with E-state index in [1.54, 1.807) is 6.07 Å². The third-order valence-electron chi connectivity index (χ3n) is 5.18. The Bertz CT molecular complexity index is 1160. The fourth-order valence-corrected chi connectivity index (χ4v) is 3.91. The molecule has 1 aliphatic rings. The van der Waals surface area contributed by atoms with Gasteiger partial charge in [0.1, 0.15) is 5.75 Å². The molecule has 4 aromatic carbocycles. The lowest BCUT2D eigenvalue weighted by molar-refractivity contribution is 0.473. The average molecular weight is 349 g/mol. The van der Waals surface area contributed by atoms with Gasteiger partial charge in [-0.15, -0.1) is 0 Å². The zero-order valence-corrected chi connectivity index (χ0v) is 14.8. The molecule has 0 spiro atoms. The van der Waals surface area contributed by atoms with Crippen LogP contribution in [0, 0.1) is 0 Å². The summed E-state index contributed by atoms with van der Waals surface area (Å²) in [6.45, 7) is 0.711. The number of aromatic hydroxyl groups is 1. The second-order valence-electron chi connectivity index (χ2n) is 6.83. The van der Waals surface area contributed by atoms with Gasteiger partial charge in [0.05, 0.1) is 5.69 Å². The highest BCUT2D eigenvalue weighted by Gasteiger charge is 2.23. The number of fused-ring (bicyclic) bond motifs is 3. The summed E-state index contributed by atoms with van der Waals surface area (Å²) in [7, 11) is 0. The van der Waals surface area contributed by atoms with Gasteiger partial charge in [0.2, 0.25) is 0 Å². The molecule has 2 heteroatoms. The van der Waals surface area contributed by atoms with E-state index < -0.39 is 0 Å². The molecule has 1 heterocycles. The normalized spacial score (nSPS) is 13.3. The molecule has 27 heavy (non-hydrogen) atoms. The van der Waals surface area contributed by atoms with E-state index in [0.717, 1.165) is 16.8 Å². The van der Waals surface area contributed by atoms with E-state index >= 15 is 0 Å². The molecule has 0 saturated carbocycles. The van der Waals surface area contributed by atoms with Crippen LogP contribution in [0.15, 0.2) is 91.0 Å². The van der Waals surface area contributed by atoms with Crippen LogP contribution in [-0.2, 0) is 0 Å². The Hall–Kier alpha value is -3.52. The third-order valence-corrected chi connectivity index (χ3v) is 5.18. The molecule has 0 saturated heterocycles. The quantitative estimate of drug-likeness (QED) is 0.463. The van der Waals surface area contributed by atoms with E-state index in [4.69, 9.17) is 0 Å². The first kappa shape index (κ1) is 15.7. The number of nitrogens with zero attached hydrogens (tertiary/aromatic N) is 1. The number of benzene rings is 4. The van der Waals surface area contributed by atoms with E-state index in [0.29, 0.717) is 12.3 Å². The summed E-state index contributed by atoms with van der Waals surface area (Å²) >= 11 is 0. The van der Waals surface area contributed by atoms with Crippen molar-refractivity contribution in [2.45, 2.75) is 0 Å². The SMILES string of the molecule is Oc1ccccc1C1=Cc2ccc3ccccc3c2N(c2ccccc2)C1. The van der Waals surface area contributed by atoms with Crippen molar-refractivity contribution >= 4 is 33.8 Å². The fourth-order valence-electron chi connectivity index (χ4n) is 3.91. The van der Waals surface area contributed by atoms with Crippen molar-refractivity contribution in [3.8, 4) is 5.75 Å². The predicted molar refractivity (Wildman–Crippen MR) is 113 cm³/mol. The van der Waals surface area contributed by atoms with Gasteiger partial charge in [0.15, 0.2) is 0 Å². The molecule has 0 fully saturated rings. The minimum absolute atomic E-state index is 0.320. The van der Waals surface area contributed by atoms with E-state index in [9.17, 15) is 5.11 Å². The highest BCUT2D eigenvalue weighted by molar-refractivity contribution is 6.05. The Morgan fingerprint density at radius 1 is 0.704 bits per heavy atom. The van der Waals surface area contributed by atoms with Crippen LogP contribution >= 0.6 is 0 Å². The number of para-hydroxylation sites is 2. The monoisotopic (exact) mass is 349 g/mol. The zero-order valence-electron chi connectivity index (χ0n) is 14.8. The predicted octanol–water partition coefficient (Wildman–Crippen LogP) is 6.24. The van der Waals surface area contributed by atoms with Gasteiger partial charge in [-0.1, -0.05) is 72.8 Å². The summed E-state index contributed by atoms with van der Waals surface area (Å²) in [5, 5.41) is 12.9. The maximum atomic E-state index is 10.4. The molecule has 0 atom stereocenters. The molecule has 0 unspecified atom stereocenters. The molecule has 0 amide bonds. The summed E-state index contributed by atoms with van der Waals surface area (Å²) in [6.07, 6.45) is 2.20. The number of phenols is 1. The minimum Gasteiger partial charge on any atom is -0.507 e. The first-order valence-corrected chi connectivity index (χ1v) is 9.14. The Morgan fingerprint density at radius 3 is 2.30 bits per heavy atom. The molecule has 0 aliphatic carbocycles. The maximum Gasteiger partial charge on any atom is 0.123 e. The fraction of sp³-hybridized carbons (Fsp3) is 0.0400. The number of hydrogen-bond donors (Lipinski definition) is 1. The third kappa shape index (κ3) is 2.67. The van der Waals surface area contributed by atoms with Crippen molar-refractivity contribution in [1.82, 2.24) is 0 Å². The van der Waals surface area contributed by atoms with Crippen LogP contribution in [0.4, 0.5) is 11.4 Å². The van der Waals surface area contributed by atoms with Crippen LogP contribution in [0.2, 0.25) is 0 Å². The first-order chi connectivity index (χ1) is 13.3. The summed E-state index contributed by atoms with van der Waals surface area (Å²) in [4.78, 5) is 2.35. The van der Waals surface area contributed by atoms with Crippen molar-refractivity contribution < 1.29 is 5.11 Å².